The van der Waals surface area contributed by atoms with Crippen molar-refractivity contribution in [2.75, 3.05) is 5.32 Å². The van der Waals surface area contributed by atoms with E-state index in [1.807, 2.05) is 18.2 Å². The van der Waals surface area contributed by atoms with Crippen LogP contribution in [0.25, 0.3) is 0 Å². The van der Waals surface area contributed by atoms with E-state index < -0.39 is 0 Å². The molecule has 0 radical (unpaired) electrons. The van der Waals surface area contributed by atoms with E-state index >= 15 is 0 Å². The Hall–Kier alpha value is -1.50. The summed E-state index contributed by atoms with van der Waals surface area (Å²) in [6, 6.07) is 15.8. The summed E-state index contributed by atoms with van der Waals surface area (Å²) in [5.41, 5.74) is 2.61. The summed E-state index contributed by atoms with van der Waals surface area (Å²) in [5.74, 6) is 0. The van der Waals surface area contributed by atoms with E-state index in [1.54, 1.807) is 12.1 Å². The lowest BCUT2D eigenvalue weighted by atomic mass is 10.0. The number of hydrogen-bond donors (Lipinski definition) is 1. The average Bonchev–Trinajstić information content (AvgIpc) is 2.46. The molecule has 2 nitrogen and oxygen atoms in total. The fourth-order valence-electron chi connectivity index (χ4n) is 2.03. The SMILES string of the molecule is CCC(Nc1ccc(C#N)cc1Cl)c1cccc(Br)c1. The zero-order valence-corrected chi connectivity index (χ0v) is 13.4. The highest BCUT2D eigenvalue weighted by molar-refractivity contribution is 9.10. The van der Waals surface area contributed by atoms with Gasteiger partial charge in [-0.15, -0.1) is 0 Å². The van der Waals surface area contributed by atoms with Crippen LogP contribution < -0.4 is 5.32 Å². The van der Waals surface area contributed by atoms with Crippen molar-refractivity contribution in [1.82, 2.24) is 0 Å². The first-order chi connectivity index (χ1) is 9.63. The highest BCUT2D eigenvalue weighted by Gasteiger charge is 2.11. The number of halogens is 2. The number of hydrogen-bond acceptors (Lipinski definition) is 2. The van der Waals surface area contributed by atoms with Gasteiger partial charge in [-0.05, 0) is 42.3 Å². The van der Waals surface area contributed by atoms with Crippen LogP contribution in [-0.4, -0.2) is 0 Å². The Kier molecular flexibility index (Phi) is 5.05. The summed E-state index contributed by atoms with van der Waals surface area (Å²) < 4.78 is 1.06. The number of nitrogens with zero attached hydrogens (tertiary/aromatic N) is 1. The third-order valence-electron chi connectivity index (χ3n) is 3.09. The minimum absolute atomic E-state index is 0.179. The van der Waals surface area contributed by atoms with E-state index in [1.165, 1.54) is 5.56 Å². The Labute approximate surface area is 132 Å². The summed E-state index contributed by atoms with van der Waals surface area (Å²) in [7, 11) is 0. The first kappa shape index (κ1) is 14.9. The van der Waals surface area contributed by atoms with E-state index in [0.29, 0.717) is 10.6 Å². The second-order valence-corrected chi connectivity index (χ2v) is 5.79. The van der Waals surface area contributed by atoms with E-state index in [2.05, 4.69) is 46.4 Å². The molecule has 4 heteroatoms. The van der Waals surface area contributed by atoms with Gasteiger partial charge in [0.25, 0.3) is 0 Å². The summed E-state index contributed by atoms with van der Waals surface area (Å²) in [4.78, 5) is 0. The molecule has 1 atom stereocenters. The molecule has 0 fully saturated rings. The van der Waals surface area contributed by atoms with Gasteiger partial charge in [0.05, 0.1) is 28.4 Å². The van der Waals surface area contributed by atoms with Crippen LogP contribution in [0.2, 0.25) is 5.02 Å². The summed E-state index contributed by atoms with van der Waals surface area (Å²) in [5, 5.41) is 12.9. The average molecular weight is 350 g/mol. The summed E-state index contributed by atoms with van der Waals surface area (Å²) >= 11 is 9.69. The predicted molar refractivity (Wildman–Crippen MR) is 87.0 cm³/mol. The van der Waals surface area contributed by atoms with Crippen molar-refractivity contribution in [3.8, 4) is 6.07 Å². The molecule has 0 aliphatic heterocycles. The molecular weight excluding hydrogens is 336 g/mol. The van der Waals surface area contributed by atoms with Crippen LogP contribution in [0.5, 0.6) is 0 Å². The molecule has 0 aliphatic rings. The molecule has 0 spiro atoms. The fourth-order valence-corrected chi connectivity index (χ4v) is 2.69. The quantitative estimate of drug-likeness (QED) is 0.787. The van der Waals surface area contributed by atoms with E-state index in [-0.39, 0.29) is 6.04 Å². The smallest absolute Gasteiger partial charge is 0.0992 e. The van der Waals surface area contributed by atoms with Crippen molar-refractivity contribution >= 4 is 33.2 Å². The first-order valence-corrected chi connectivity index (χ1v) is 7.52. The van der Waals surface area contributed by atoms with Crippen molar-refractivity contribution in [2.24, 2.45) is 0 Å². The van der Waals surface area contributed by atoms with Gasteiger partial charge in [-0.25, -0.2) is 0 Å². The maximum Gasteiger partial charge on any atom is 0.0992 e. The van der Waals surface area contributed by atoms with Crippen LogP contribution >= 0.6 is 27.5 Å². The molecule has 2 rings (SSSR count). The van der Waals surface area contributed by atoms with Gasteiger partial charge in [0.1, 0.15) is 0 Å². The molecule has 0 aromatic heterocycles. The summed E-state index contributed by atoms with van der Waals surface area (Å²) in [6.45, 7) is 2.12. The molecule has 0 saturated carbocycles. The monoisotopic (exact) mass is 348 g/mol. The molecule has 0 saturated heterocycles. The van der Waals surface area contributed by atoms with E-state index in [9.17, 15) is 0 Å². The molecular formula is C16H14BrClN2. The molecule has 0 aliphatic carbocycles. The van der Waals surface area contributed by atoms with E-state index in [0.717, 1.165) is 16.6 Å². The topological polar surface area (TPSA) is 35.8 Å². The van der Waals surface area contributed by atoms with Crippen molar-refractivity contribution in [3.63, 3.8) is 0 Å². The summed E-state index contributed by atoms with van der Waals surface area (Å²) in [6.07, 6.45) is 0.937. The fraction of sp³-hybridized carbons (Fsp3) is 0.188. The van der Waals surface area contributed by atoms with Gasteiger partial charge in [-0.2, -0.15) is 5.26 Å². The van der Waals surface area contributed by atoms with Crippen molar-refractivity contribution in [2.45, 2.75) is 19.4 Å². The lowest BCUT2D eigenvalue weighted by molar-refractivity contribution is 0.749. The standard InChI is InChI=1S/C16H14BrClN2/c1-2-15(12-4-3-5-13(17)9-12)20-16-7-6-11(10-19)8-14(16)18/h3-9,15,20H,2H2,1H3. The minimum Gasteiger partial charge on any atom is -0.377 e. The second kappa shape index (κ2) is 6.78. The van der Waals surface area contributed by atoms with Crippen LogP contribution in [0.1, 0.15) is 30.5 Å². The minimum atomic E-state index is 0.179. The van der Waals surface area contributed by atoms with Crippen molar-refractivity contribution in [1.29, 1.82) is 5.26 Å². The second-order valence-electron chi connectivity index (χ2n) is 4.47. The van der Waals surface area contributed by atoms with Gasteiger partial charge < -0.3 is 5.32 Å². The van der Waals surface area contributed by atoms with Crippen LogP contribution in [0, 0.1) is 11.3 Å². The molecule has 102 valence electrons. The van der Waals surface area contributed by atoms with E-state index in [4.69, 9.17) is 16.9 Å². The van der Waals surface area contributed by atoms with Crippen molar-refractivity contribution < 1.29 is 0 Å². The Morgan fingerprint density at radius 1 is 1.30 bits per heavy atom. The van der Waals surface area contributed by atoms with Crippen LogP contribution in [0.15, 0.2) is 46.9 Å². The van der Waals surface area contributed by atoms with Crippen LogP contribution in [0.4, 0.5) is 5.69 Å². The molecule has 20 heavy (non-hydrogen) atoms. The van der Waals surface area contributed by atoms with Gasteiger partial charge in [0.2, 0.25) is 0 Å². The Balaban J connectivity index is 2.25. The number of nitrogens with one attached hydrogen (secondary N) is 1. The molecule has 1 N–H and O–H groups in total. The predicted octanol–water partition coefficient (Wildman–Crippen LogP) is 5.54. The highest BCUT2D eigenvalue weighted by Crippen LogP contribution is 2.29. The van der Waals surface area contributed by atoms with Gasteiger partial charge in [0, 0.05) is 4.47 Å². The molecule has 0 heterocycles. The van der Waals surface area contributed by atoms with Gasteiger partial charge in [-0.1, -0.05) is 46.6 Å². The third kappa shape index (κ3) is 3.53. The number of rotatable bonds is 4. The molecule has 1 unspecified atom stereocenters. The lowest BCUT2D eigenvalue weighted by Gasteiger charge is -2.20. The number of anilines is 1. The van der Waals surface area contributed by atoms with Gasteiger partial charge >= 0.3 is 0 Å². The van der Waals surface area contributed by atoms with Crippen molar-refractivity contribution in [3.05, 3.63) is 63.1 Å². The lowest BCUT2D eigenvalue weighted by Crippen LogP contribution is -2.10. The van der Waals surface area contributed by atoms with Gasteiger partial charge in [-0.3, -0.25) is 0 Å². The zero-order chi connectivity index (χ0) is 14.5. The molecule has 0 bridgehead atoms. The normalized spacial score (nSPS) is 11.7. The Morgan fingerprint density at radius 3 is 2.70 bits per heavy atom. The number of benzene rings is 2. The molecule has 2 aromatic rings. The third-order valence-corrected chi connectivity index (χ3v) is 3.89. The molecule has 0 amide bonds. The highest BCUT2D eigenvalue weighted by atomic mass is 79.9. The van der Waals surface area contributed by atoms with Crippen LogP contribution in [0.3, 0.4) is 0 Å². The molecule has 2 aromatic carbocycles. The van der Waals surface area contributed by atoms with Crippen LogP contribution in [-0.2, 0) is 0 Å². The van der Waals surface area contributed by atoms with Gasteiger partial charge in [0.15, 0.2) is 0 Å². The number of nitriles is 1. The first-order valence-electron chi connectivity index (χ1n) is 6.35. The Bertz CT molecular complexity index is 649. The largest absolute Gasteiger partial charge is 0.377 e. The maximum atomic E-state index is 8.86. The Morgan fingerprint density at radius 2 is 2.10 bits per heavy atom. The maximum absolute atomic E-state index is 8.86. The zero-order valence-electron chi connectivity index (χ0n) is 11.0.